The van der Waals surface area contributed by atoms with Gasteiger partial charge in [0, 0.05) is 0 Å². The van der Waals surface area contributed by atoms with E-state index in [-0.39, 0.29) is 0 Å². The van der Waals surface area contributed by atoms with E-state index in [2.05, 4.69) is 27.7 Å². The molecule has 3 atom stereocenters. The Balaban J connectivity index is 1.73. The predicted octanol–water partition coefficient (Wildman–Crippen LogP) is 6.40. The van der Waals surface area contributed by atoms with Crippen molar-refractivity contribution in [2.24, 2.45) is 23.2 Å². The summed E-state index contributed by atoms with van der Waals surface area (Å²) >= 11 is 0. The van der Waals surface area contributed by atoms with Crippen LogP contribution in [0.1, 0.15) is 91.9 Å². The normalized spacial score (nSPS) is 33.2. The molecule has 0 amide bonds. The first-order chi connectivity index (χ1) is 9.00. The van der Waals surface area contributed by atoms with Crippen LogP contribution in [0.25, 0.3) is 0 Å². The Morgan fingerprint density at radius 2 is 1.84 bits per heavy atom. The van der Waals surface area contributed by atoms with Crippen molar-refractivity contribution >= 4 is 0 Å². The zero-order chi connectivity index (χ0) is 13.9. The third kappa shape index (κ3) is 4.23. The quantitative estimate of drug-likeness (QED) is 0.503. The second-order valence-electron chi connectivity index (χ2n) is 8.34. The van der Waals surface area contributed by atoms with E-state index in [1.54, 1.807) is 0 Å². The molecule has 0 nitrogen and oxygen atoms in total. The Morgan fingerprint density at radius 1 is 1.05 bits per heavy atom. The van der Waals surface area contributed by atoms with Crippen LogP contribution in [0, 0.1) is 29.1 Å². The van der Waals surface area contributed by atoms with Gasteiger partial charge in [-0.3, -0.25) is 0 Å². The van der Waals surface area contributed by atoms with Crippen LogP contribution in [0.2, 0.25) is 0 Å². The first-order valence-corrected chi connectivity index (χ1v) is 8.85. The van der Waals surface area contributed by atoms with Crippen LogP contribution < -0.4 is 0 Å². The molecule has 0 heteroatoms. The Kier molecular flexibility index (Phi) is 5.37. The summed E-state index contributed by atoms with van der Waals surface area (Å²) in [5.74, 6) is 5.00. The number of unbranched alkanes of at least 4 members (excludes halogenated alkanes) is 2. The second-order valence-corrected chi connectivity index (χ2v) is 8.34. The molecule has 2 fully saturated rings. The molecular weight excluding hydrogens is 228 g/mol. The molecule has 111 valence electrons. The number of rotatable bonds is 5. The molecular formula is C19H35. The van der Waals surface area contributed by atoms with Gasteiger partial charge in [-0.25, -0.2) is 0 Å². The first kappa shape index (κ1) is 15.4. The van der Waals surface area contributed by atoms with Crippen molar-refractivity contribution in [2.45, 2.75) is 91.9 Å². The van der Waals surface area contributed by atoms with Crippen LogP contribution in [0.5, 0.6) is 0 Å². The minimum absolute atomic E-state index is 0.529. The van der Waals surface area contributed by atoms with Gasteiger partial charge in [0.2, 0.25) is 0 Å². The fourth-order valence-corrected chi connectivity index (χ4v) is 4.38. The average Bonchev–Trinajstić information content (AvgIpc) is 2.96. The van der Waals surface area contributed by atoms with Crippen LogP contribution in [-0.4, -0.2) is 0 Å². The maximum absolute atomic E-state index is 2.43. The van der Waals surface area contributed by atoms with Crippen molar-refractivity contribution in [3.8, 4) is 0 Å². The van der Waals surface area contributed by atoms with Crippen LogP contribution in [0.3, 0.4) is 0 Å². The molecule has 1 radical (unpaired) electrons. The third-order valence-electron chi connectivity index (χ3n) is 5.88. The van der Waals surface area contributed by atoms with Crippen LogP contribution in [0.15, 0.2) is 0 Å². The van der Waals surface area contributed by atoms with Crippen molar-refractivity contribution in [1.29, 1.82) is 0 Å². The lowest BCUT2D eigenvalue weighted by Gasteiger charge is -2.27. The fraction of sp³-hybridized carbons (Fsp3) is 0.947. The highest BCUT2D eigenvalue weighted by Crippen LogP contribution is 2.50. The molecule has 0 aromatic carbocycles. The summed E-state index contributed by atoms with van der Waals surface area (Å²) < 4.78 is 0. The van der Waals surface area contributed by atoms with Crippen molar-refractivity contribution in [3.05, 3.63) is 5.92 Å². The molecule has 2 aliphatic rings. The zero-order valence-electron chi connectivity index (χ0n) is 13.8. The molecule has 0 bridgehead atoms. The van der Waals surface area contributed by atoms with E-state index >= 15 is 0 Å². The lowest BCUT2D eigenvalue weighted by atomic mass is 9.78. The van der Waals surface area contributed by atoms with E-state index in [9.17, 15) is 0 Å². The molecule has 2 saturated carbocycles. The molecule has 0 aromatic rings. The maximum atomic E-state index is 2.43. The topological polar surface area (TPSA) is 0 Å². The maximum Gasteiger partial charge on any atom is -0.0207 e. The minimum Gasteiger partial charge on any atom is -0.0654 e. The van der Waals surface area contributed by atoms with E-state index in [1.807, 2.05) is 5.92 Å². The van der Waals surface area contributed by atoms with E-state index in [0.29, 0.717) is 5.41 Å². The van der Waals surface area contributed by atoms with Crippen LogP contribution in [-0.2, 0) is 0 Å². The number of hydrogen-bond acceptors (Lipinski definition) is 0. The zero-order valence-corrected chi connectivity index (χ0v) is 13.8. The highest BCUT2D eigenvalue weighted by molar-refractivity contribution is 5.07. The molecule has 2 aliphatic carbocycles. The van der Waals surface area contributed by atoms with Gasteiger partial charge in [-0.1, -0.05) is 59.8 Å². The summed E-state index contributed by atoms with van der Waals surface area (Å²) in [6, 6.07) is 0. The lowest BCUT2D eigenvalue weighted by molar-refractivity contribution is 0.245. The van der Waals surface area contributed by atoms with Gasteiger partial charge in [0.15, 0.2) is 0 Å². The summed E-state index contributed by atoms with van der Waals surface area (Å²) in [4.78, 5) is 0. The largest absolute Gasteiger partial charge is 0.0654 e. The first-order valence-electron chi connectivity index (χ1n) is 8.85. The molecule has 0 heterocycles. The third-order valence-corrected chi connectivity index (χ3v) is 5.88. The van der Waals surface area contributed by atoms with Crippen molar-refractivity contribution in [1.82, 2.24) is 0 Å². The summed E-state index contributed by atoms with van der Waals surface area (Å²) in [7, 11) is 0. The Labute approximate surface area is 121 Å². The van der Waals surface area contributed by atoms with E-state index < -0.39 is 0 Å². The smallest absolute Gasteiger partial charge is 0.0207 e. The highest BCUT2D eigenvalue weighted by Gasteiger charge is 2.39. The van der Waals surface area contributed by atoms with Gasteiger partial charge >= 0.3 is 0 Å². The van der Waals surface area contributed by atoms with Gasteiger partial charge in [-0.15, -0.1) is 0 Å². The predicted molar refractivity (Wildman–Crippen MR) is 85.0 cm³/mol. The fourth-order valence-electron chi connectivity index (χ4n) is 4.38. The minimum atomic E-state index is 0.529. The molecule has 0 aromatic heterocycles. The molecule has 2 rings (SSSR count). The standard InChI is InChI=1S/C19H35/c1-5-6-7-8-15-9-10-16(13-15)17-11-12-18(14-17)19(2,3)4/h15-16,18H,5-14H2,1-4H3. The van der Waals surface area contributed by atoms with Gasteiger partial charge in [0.25, 0.3) is 0 Å². The summed E-state index contributed by atoms with van der Waals surface area (Å²) in [6.45, 7) is 9.62. The van der Waals surface area contributed by atoms with Crippen molar-refractivity contribution < 1.29 is 0 Å². The Hall–Kier alpha value is 0. The molecule has 0 saturated heterocycles. The van der Waals surface area contributed by atoms with Crippen molar-refractivity contribution in [3.63, 3.8) is 0 Å². The monoisotopic (exact) mass is 263 g/mol. The second kappa shape index (κ2) is 6.64. The molecule has 0 aliphatic heterocycles. The number of hydrogen-bond donors (Lipinski definition) is 0. The van der Waals surface area contributed by atoms with E-state index in [1.165, 1.54) is 64.2 Å². The van der Waals surface area contributed by atoms with Crippen LogP contribution in [0.4, 0.5) is 0 Å². The summed E-state index contributed by atoms with van der Waals surface area (Å²) in [6.07, 6.45) is 14.8. The lowest BCUT2D eigenvalue weighted by Crippen LogP contribution is -2.18. The highest BCUT2D eigenvalue weighted by atomic mass is 14.4. The van der Waals surface area contributed by atoms with E-state index in [4.69, 9.17) is 0 Å². The summed E-state index contributed by atoms with van der Waals surface area (Å²) in [5.41, 5.74) is 0.529. The van der Waals surface area contributed by atoms with Gasteiger partial charge in [-0.05, 0) is 61.2 Å². The molecule has 19 heavy (non-hydrogen) atoms. The van der Waals surface area contributed by atoms with Gasteiger partial charge in [-0.2, -0.15) is 0 Å². The van der Waals surface area contributed by atoms with E-state index in [0.717, 1.165) is 17.8 Å². The van der Waals surface area contributed by atoms with Crippen LogP contribution >= 0.6 is 0 Å². The van der Waals surface area contributed by atoms with Gasteiger partial charge in [0.05, 0.1) is 0 Å². The average molecular weight is 263 g/mol. The van der Waals surface area contributed by atoms with Gasteiger partial charge in [0.1, 0.15) is 0 Å². The molecule has 0 N–H and O–H groups in total. The Morgan fingerprint density at radius 3 is 2.47 bits per heavy atom. The van der Waals surface area contributed by atoms with Gasteiger partial charge < -0.3 is 0 Å². The van der Waals surface area contributed by atoms with Crippen molar-refractivity contribution in [2.75, 3.05) is 0 Å². The SMILES string of the molecule is CCCCCC1CCC([C]2CCC(C(C)(C)C)C2)C1. The molecule has 0 spiro atoms. The summed E-state index contributed by atoms with van der Waals surface area (Å²) in [5, 5.41) is 0. The molecule has 3 unspecified atom stereocenters. The Bertz CT molecular complexity index is 260.